The van der Waals surface area contributed by atoms with E-state index in [4.69, 9.17) is 21.1 Å². The Bertz CT molecular complexity index is 959. The molecule has 0 saturated carbocycles. The zero-order valence-electron chi connectivity index (χ0n) is 16.0. The largest absolute Gasteiger partial charge is 0.506 e. The maximum absolute atomic E-state index is 12.6. The van der Waals surface area contributed by atoms with Gasteiger partial charge in [-0.1, -0.05) is 54.1 Å². The van der Waals surface area contributed by atoms with Crippen molar-refractivity contribution in [2.24, 2.45) is 0 Å². The average molecular weight is 412 g/mol. The second-order valence-corrected chi connectivity index (χ2v) is 6.80. The molecule has 0 fully saturated rings. The molecule has 0 aliphatic heterocycles. The summed E-state index contributed by atoms with van der Waals surface area (Å²) >= 11 is 6.15. The van der Waals surface area contributed by atoms with Crippen LogP contribution in [0.15, 0.2) is 66.7 Å². The molecule has 0 saturated heterocycles. The van der Waals surface area contributed by atoms with E-state index >= 15 is 0 Å². The fourth-order valence-electron chi connectivity index (χ4n) is 2.79. The minimum absolute atomic E-state index is 0.133. The molecule has 3 aromatic carbocycles. The van der Waals surface area contributed by atoms with Crippen LogP contribution in [0.2, 0.25) is 5.02 Å². The number of phenolic OH excluding ortho intramolecular Hbond substituents is 1. The predicted molar refractivity (Wildman–Crippen MR) is 114 cm³/mol. The number of benzene rings is 3. The first-order chi connectivity index (χ1) is 14.1. The van der Waals surface area contributed by atoms with E-state index in [2.05, 4.69) is 5.32 Å². The van der Waals surface area contributed by atoms with Crippen LogP contribution >= 0.6 is 11.6 Å². The molecule has 0 atom stereocenters. The molecule has 0 spiro atoms. The van der Waals surface area contributed by atoms with Crippen molar-refractivity contribution in [2.75, 3.05) is 20.3 Å². The smallest absolute Gasteiger partial charge is 0.255 e. The first-order valence-corrected chi connectivity index (χ1v) is 9.53. The van der Waals surface area contributed by atoms with E-state index in [0.29, 0.717) is 19.8 Å². The third kappa shape index (κ3) is 5.50. The Labute approximate surface area is 174 Å². The van der Waals surface area contributed by atoms with Crippen LogP contribution < -0.4 is 10.1 Å². The lowest BCUT2D eigenvalue weighted by Crippen LogP contribution is -2.23. The number of rotatable bonds is 8. The van der Waals surface area contributed by atoms with Crippen LogP contribution in [0.1, 0.15) is 15.9 Å². The van der Waals surface area contributed by atoms with Gasteiger partial charge in [0.25, 0.3) is 5.91 Å². The minimum atomic E-state index is -0.400. The van der Waals surface area contributed by atoms with Crippen LogP contribution in [0.5, 0.6) is 11.5 Å². The third-order valence-corrected chi connectivity index (χ3v) is 4.64. The number of carbonyl (C=O) groups excluding carboxylic acids is 1. The lowest BCUT2D eigenvalue weighted by atomic mass is 10.0. The zero-order valence-corrected chi connectivity index (χ0v) is 16.8. The molecule has 3 aromatic rings. The second-order valence-electron chi connectivity index (χ2n) is 6.39. The van der Waals surface area contributed by atoms with Crippen molar-refractivity contribution in [1.29, 1.82) is 0 Å². The molecule has 6 heteroatoms. The van der Waals surface area contributed by atoms with E-state index in [0.717, 1.165) is 22.4 Å². The topological polar surface area (TPSA) is 67.8 Å². The summed E-state index contributed by atoms with van der Waals surface area (Å²) in [6, 6.07) is 20.2. The summed E-state index contributed by atoms with van der Waals surface area (Å²) in [5, 5.41) is 13.2. The number of nitrogens with one attached hydrogen (secondary N) is 1. The van der Waals surface area contributed by atoms with Crippen LogP contribution in [0.4, 0.5) is 0 Å². The standard InChI is InChI=1S/C23H22ClNO4/c1-28-11-12-29-19-9-7-16(8-10-19)15-25-23(27)20-13-18(14-21(24)22(20)26)17-5-3-2-4-6-17/h2-10,13-14,26H,11-12,15H2,1H3,(H,25,27). The highest BCUT2D eigenvalue weighted by Gasteiger charge is 2.16. The highest BCUT2D eigenvalue weighted by Crippen LogP contribution is 2.33. The summed E-state index contributed by atoms with van der Waals surface area (Å²) < 4.78 is 10.5. The number of phenols is 1. The van der Waals surface area contributed by atoms with E-state index in [1.807, 2.05) is 54.6 Å². The summed E-state index contributed by atoms with van der Waals surface area (Å²) in [5.74, 6) is 0.102. The Balaban J connectivity index is 1.68. The molecule has 29 heavy (non-hydrogen) atoms. The third-order valence-electron chi connectivity index (χ3n) is 4.35. The van der Waals surface area contributed by atoms with Gasteiger partial charge in [0.05, 0.1) is 17.2 Å². The summed E-state index contributed by atoms with van der Waals surface area (Å²) in [6.45, 7) is 1.31. The minimum Gasteiger partial charge on any atom is -0.506 e. The van der Waals surface area contributed by atoms with E-state index < -0.39 is 5.91 Å². The molecule has 0 unspecified atom stereocenters. The number of carbonyl (C=O) groups is 1. The fraction of sp³-hybridized carbons (Fsp3) is 0.174. The molecule has 150 valence electrons. The number of amides is 1. The lowest BCUT2D eigenvalue weighted by molar-refractivity contribution is 0.0948. The molecule has 0 bridgehead atoms. The molecule has 0 aliphatic rings. The second kappa shape index (κ2) is 9.96. The number of hydrogen-bond acceptors (Lipinski definition) is 4. The number of aromatic hydroxyl groups is 1. The van der Waals surface area contributed by atoms with Gasteiger partial charge in [0.15, 0.2) is 0 Å². The van der Waals surface area contributed by atoms with Gasteiger partial charge in [-0.2, -0.15) is 0 Å². The van der Waals surface area contributed by atoms with Gasteiger partial charge < -0.3 is 19.9 Å². The highest BCUT2D eigenvalue weighted by atomic mass is 35.5. The van der Waals surface area contributed by atoms with Gasteiger partial charge in [-0.05, 0) is 41.0 Å². The number of methoxy groups -OCH3 is 1. The predicted octanol–water partition coefficient (Wildman–Crippen LogP) is 4.67. The van der Waals surface area contributed by atoms with Crippen molar-refractivity contribution in [2.45, 2.75) is 6.54 Å². The lowest BCUT2D eigenvalue weighted by Gasteiger charge is -2.11. The maximum Gasteiger partial charge on any atom is 0.255 e. The van der Waals surface area contributed by atoms with Crippen LogP contribution in [0.3, 0.4) is 0 Å². The van der Waals surface area contributed by atoms with E-state index in [9.17, 15) is 9.90 Å². The van der Waals surface area contributed by atoms with E-state index in [1.54, 1.807) is 19.2 Å². The Morgan fingerprint density at radius 2 is 1.72 bits per heavy atom. The highest BCUT2D eigenvalue weighted by molar-refractivity contribution is 6.33. The molecule has 3 rings (SSSR count). The zero-order chi connectivity index (χ0) is 20.6. The summed E-state index contributed by atoms with van der Waals surface area (Å²) in [4.78, 5) is 12.6. The SMILES string of the molecule is COCCOc1ccc(CNC(=O)c2cc(-c3ccccc3)cc(Cl)c2O)cc1. The molecule has 2 N–H and O–H groups in total. The van der Waals surface area contributed by atoms with Crippen LogP contribution in [0.25, 0.3) is 11.1 Å². The molecule has 0 heterocycles. The summed E-state index contributed by atoms with van der Waals surface area (Å²) in [7, 11) is 1.62. The molecule has 1 amide bonds. The Morgan fingerprint density at radius 1 is 1.00 bits per heavy atom. The average Bonchev–Trinajstić information content (AvgIpc) is 2.75. The number of halogens is 1. The van der Waals surface area contributed by atoms with Crippen molar-refractivity contribution in [1.82, 2.24) is 5.32 Å². The van der Waals surface area contributed by atoms with Crippen molar-refractivity contribution in [3.63, 3.8) is 0 Å². The first-order valence-electron chi connectivity index (χ1n) is 9.15. The normalized spacial score (nSPS) is 10.6. The molecular formula is C23H22ClNO4. The van der Waals surface area contributed by atoms with Gasteiger partial charge in [0.1, 0.15) is 18.1 Å². The maximum atomic E-state index is 12.6. The van der Waals surface area contributed by atoms with E-state index in [-0.39, 0.29) is 16.3 Å². The van der Waals surface area contributed by atoms with Gasteiger partial charge in [-0.3, -0.25) is 4.79 Å². The number of hydrogen-bond donors (Lipinski definition) is 2. The van der Waals surface area contributed by atoms with Crippen molar-refractivity contribution >= 4 is 17.5 Å². The summed E-state index contributed by atoms with van der Waals surface area (Å²) in [5.41, 5.74) is 2.71. The van der Waals surface area contributed by atoms with Gasteiger partial charge in [0.2, 0.25) is 0 Å². The van der Waals surface area contributed by atoms with Crippen LogP contribution in [-0.2, 0) is 11.3 Å². The molecule has 0 aromatic heterocycles. The van der Waals surface area contributed by atoms with E-state index in [1.165, 1.54) is 0 Å². The van der Waals surface area contributed by atoms with Crippen molar-refractivity contribution in [3.05, 3.63) is 82.9 Å². The quantitative estimate of drug-likeness (QED) is 0.528. The number of ether oxygens (including phenoxy) is 2. The molecule has 5 nitrogen and oxygen atoms in total. The van der Waals surface area contributed by atoms with Gasteiger partial charge >= 0.3 is 0 Å². The molecular weight excluding hydrogens is 390 g/mol. The Hall–Kier alpha value is -3.02. The van der Waals surface area contributed by atoms with Crippen LogP contribution in [0, 0.1) is 0 Å². The van der Waals surface area contributed by atoms with Crippen molar-refractivity contribution < 1.29 is 19.4 Å². The first kappa shape index (κ1) is 20.7. The molecule has 0 aliphatic carbocycles. The van der Waals surface area contributed by atoms with Gasteiger partial charge in [-0.15, -0.1) is 0 Å². The molecule has 0 radical (unpaired) electrons. The fourth-order valence-corrected chi connectivity index (χ4v) is 3.01. The van der Waals surface area contributed by atoms with Gasteiger partial charge in [0, 0.05) is 13.7 Å². The Kier molecular flexibility index (Phi) is 7.11. The van der Waals surface area contributed by atoms with Gasteiger partial charge in [-0.25, -0.2) is 0 Å². The monoisotopic (exact) mass is 411 g/mol. The summed E-state index contributed by atoms with van der Waals surface area (Å²) in [6.07, 6.45) is 0. The van der Waals surface area contributed by atoms with Crippen molar-refractivity contribution in [3.8, 4) is 22.6 Å². The van der Waals surface area contributed by atoms with Crippen LogP contribution in [-0.4, -0.2) is 31.3 Å². The Morgan fingerprint density at radius 3 is 2.41 bits per heavy atom.